The highest BCUT2D eigenvalue weighted by atomic mass is 16.5. The molecule has 2 aliphatic rings. The Labute approximate surface area is 89.6 Å². The largest absolute Gasteiger partial charge is 0.466 e. The molecule has 0 bridgehead atoms. The van der Waals surface area contributed by atoms with Crippen molar-refractivity contribution in [3.63, 3.8) is 0 Å². The first-order valence-corrected chi connectivity index (χ1v) is 5.36. The molecule has 0 amide bonds. The normalized spacial score (nSPS) is 34.5. The van der Waals surface area contributed by atoms with E-state index in [4.69, 9.17) is 4.74 Å². The Balaban J connectivity index is 2.02. The summed E-state index contributed by atoms with van der Waals surface area (Å²) in [6.45, 7) is 3.45. The van der Waals surface area contributed by atoms with Gasteiger partial charge in [-0.1, -0.05) is 13.0 Å². The lowest BCUT2D eigenvalue weighted by Crippen LogP contribution is -2.68. The van der Waals surface area contributed by atoms with Crippen LogP contribution in [0.25, 0.3) is 0 Å². The summed E-state index contributed by atoms with van der Waals surface area (Å²) in [7, 11) is 1.41. The van der Waals surface area contributed by atoms with E-state index in [1.807, 2.05) is 6.08 Å². The van der Waals surface area contributed by atoms with Gasteiger partial charge in [-0.2, -0.15) is 0 Å². The zero-order valence-electron chi connectivity index (χ0n) is 9.21. The lowest BCUT2D eigenvalue weighted by Gasteiger charge is -2.51. The topological polar surface area (TPSA) is 47.6 Å². The van der Waals surface area contributed by atoms with E-state index < -0.39 is 0 Å². The number of hydrogen-bond donors (Lipinski definition) is 1. The summed E-state index contributed by atoms with van der Waals surface area (Å²) in [6.07, 6.45) is 4.13. The molecule has 2 heterocycles. The molecule has 15 heavy (non-hydrogen) atoms. The molecule has 0 aliphatic carbocycles. The van der Waals surface area contributed by atoms with Gasteiger partial charge in [0.1, 0.15) is 0 Å². The SMILES string of the molecule is CCC1OCC12CC=C(C(=O)OC)CN2. The van der Waals surface area contributed by atoms with Gasteiger partial charge in [-0.3, -0.25) is 0 Å². The van der Waals surface area contributed by atoms with Crippen molar-refractivity contribution in [3.05, 3.63) is 11.6 Å². The molecule has 2 atom stereocenters. The van der Waals surface area contributed by atoms with Crippen molar-refractivity contribution in [1.29, 1.82) is 0 Å². The molecular weight excluding hydrogens is 194 g/mol. The summed E-state index contributed by atoms with van der Waals surface area (Å²) < 4.78 is 10.2. The standard InChI is InChI=1S/C11H17NO3/c1-3-9-11(7-15-9)5-4-8(6-12-11)10(13)14-2/h4,9,12H,3,5-7H2,1-2H3. The van der Waals surface area contributed by atoms with E-state index in [0.29, 0.717) is 6.54 Å². The Bertz CT molecular complexity index is 298. The maximum absolute atomic E-state index is 11.3. The van der Waals surface area contributed by atoms with Crippen LogP contribution in [0.4, 0.5) is 0 Å². The number of esters is 1. The molecule has 0 radical (unpaired) electrons. The second-order valence-corrected chi connectivity index (χ2v) is 4.14. The van der Waals surface area contributed by atoms with Gasteiger partial charge in [-0.05, 0) is 12.8 Å². The lowest BCUT2D eigenvalue weighted by atomic mass is 9.80. The van der Waals surface area contributed by atoms with Crippen LogP contribution in [-0.2, 0) is 14.3 Å². The molecule has 4 nitrogen and oxygen atoms in total. The maximum Gasteiger partial charge on any atom is 0.334 e. The van der Waals surface area contributed by atoms with Crippen molar-refractivity contribution in [2.45, 2.75) is 31.4 Å². The number of nitrogens with one attached hydrogen (secondary N) is 1. The molecule has 0 aromatic heterocycles. The smallest absolute Gasteiger partial charge is 0.334 e. The van der Waals surface area contributed by atoms with Crippen molar-refractivity contribution in [1.82, 2.24) is 5.32 Å². The van der Waals surface area contributed by atoms with E-state index in [0.717, 1.165) is 25.0 Å². The van der Waals surface area contributed by atoms with Crippen LogP contribution in [0.5, 0.6) is 0 Å². The number of hydrogen-bond acceptors (Lipinski definition) is 4. The number of methoxy groups -OCH3 is 1. The summed E-state index contributed by atoms with van der Waals surface area (Å²) in [5.74, 6) is -0.231. The lowest BCUT2D eigenvalue weighted by molar-refractivity contribution is -0.152. The summed E-state index contributed by atoms with van der Waals surface area (Å²) in [4.78, 5) is 11.3. The zero-order valence-corrected chi connectivity index (χ0v) is 9.21. The molecule has 4 heteroatoms. The molecule has 2 unspecified atom stereocenters. The summed E-state index contributed by atoms with van der Waals surface area (Å²) in [5, 5.41) is 3.40. The number of carbonyl (C=O) groups is 1. The van der Waals surface area contributed by atoms with E-state index in [-0.39, 0.29) is 17.6 Å². The molecule has 1 N–H and O–H groups in total. The van der Waals surface area contributed by atoms with Crippen LogP contribution >= 0.6 is 0 Å². The Hall–Kier alpha value is -0.870. The minimum Gasteiger partial charge on any atom is -0.466 e. The first-order chi connectivity index (χ1) is 7.22. The second kappa shape index (κ2) is 3.94. The molecule has 1 spiro atoms. The molecule has 0 aromatic rings. The highest BCUT2D eigenvalue weighted by molar-refractivity contribution is 5.89. The van der Waals surface area contributed by atoms with Crippen LogP contribution < -0.4 is 5.32 Å². The Morgan fingerprint density at radius 3 is 3.00 bits per heavy atom. The quantitative estimate of drug-likeness (QED) is 0.680. The first kappa shape index (κ1) is 10.6. The Morgan fingerprint density at radius 2 is 2.60 bits per heavy atom. The van der Waals surface area contributed by atoms with E-state index in [1.54, 1.807) is 0 Å². The fraction of sp³-hybridized carbons (Fsp3) is 0.727. The molecular formula is C11H17NO3. The molecule has 2 rings (SSSR count). The average Bonchev–Trinajstić information content (AvgIpc) is 2.27. The van der Waals surface area contributed by atoms with Crippen LogP contribution in [0.2, 0.25) is 0 Å². The molecule has 0 aromatic carbocycles. The van der Waals surface area contributed by atoms with E-state index >= 15 is 0 Å². The Morgan fingerprint density at radius 1 is 1.80 bits per heavy atom. The number of ether oxygens (including phenoxy) is 2. The van der Waals surface area contributed by atoms with Crippen molar-refractivity contribution in [3.8, 4) is 0 Å². The van der Waals surface area contributed by atoms with Crippen LogP contribution in [0.1, 0.15) is 19.8 Å². The number of rotatable bonds is 2. The third-order valence-corrected chi connectivity index (χ3v) is 3.32. The van der Waals surface area contributed by atoms with Gasteiger partial charge in [0, 0.05) is 12.1 Å². The van der Waals surface area contributed by atoms with Gasteiger partial charge in [0.25, 0.3) is 0 Å². The average molecular weight is 211 g/mol. The van der Waals surface area contributed by atoms with Gasteiger partial charge >= 0.3 is 5.97 Å². The van der Waals surface area contributed by atoms with Crippen molar-refractivity contribution in [2.75, 3.05) is 20.3 Å². The minimum atomic E-state index is -0.231. The third-order valence-electron chi connectivity index (χ3n) is 3.32. The molecule has 0 saturated carbocycles. The predicted molar refractivity (Wildman–Crippen MR) is 55.5 cm³/mol. The summed E-state index contributed by atoms with van der Waals surface area (Å²) in [6, 6.07) is 0. The van der Waals surface area contributed by atoms with Gasteiger partial charge in [-0.15, -0.1) is 0 Å². The molecule has 1 fully saturated rings. The van der Waals surface area contributed by atoms with Gasteiger partial charge in [0.2, 0.25) is 0 Å². The van der Waals surface area contributed by atoms with Gasteiger partial charge in [0.05, 0.1) is 25.4 Å². The van der Waals surface area contributed by atoms with Crippen LogP contribution in [0.3, 0.4) is 0 Å². The van der Waals surface area contributed by atoms with Crippen molar-refractivity contribution in [2.24, 2.45) is 0 Å². The predicted octanol–water partition coefficient (Wildman–Crippen LogP) is 0.627. The third kappa shape index (κ3) is 1.68. The van der Waals surface area contributed by atoms with Gasteiger partial charge < -0.3 is 14.8 Å². The minimum absolute atomic E-state index is 0.0757. The van der Waals surface area contributed by atoms with E-state index in [9.17, 15) is 4.79 Å². The highest BCUT2D eigenvalue weighted by Crippen LogP contribution is 2.34. The molecule has 1 saturated heterocycles. The molecule has 2 aliphatic heterocycles. The van der Waals surface area contributed by atoms with Crippen molar-refractivity contribution >= 4 is 5.97 Å². The fourth-order valence-electron chi connectivity index (χ4n) is 2.27. The van der Waals surface area contributed by atoms with E-state index in [1.165, 1.54) is 7.11 Å². The first-order valence-electron chi connectivity index (χ1n) is 5.36. The second-order valence-electron chi connectivity index (χ2n) is 4.14. The zero-order chi connectivity index (χ0) is 10.9. The summed E-state index contributed by atoms with van der Waals surface area (Å²) in [5.41, 5.74) is 0.802. The number of carbonyl (C=O) groups excluding carboxylic acids is 1. The monoisotopic (exact) mass is 211 g/mol. The van der Waals surface area contributed by atoms with Gasteiger partial charge in [-0.25, -0.2) is 4.79 Å². The Kier molecular flexibility index (Phi) is 2.80. The maximum atomic E-state index is 11.3. The van der Waals surface area contributed by atoms with Crippen LogP contribution in [-0.4, -0.2) is 37.9 Å². The highest BCUT2D eigenvalue weighted by Gasteiger charge is 2.47. The summed E-state index contributed by atoms with van der Waals surface area (Å²) >= 11 is 0. The van der Waals surface area contributed by atoms with Gasteiger partial charge in [0.15, 0.2) is 0 Å². The fourth-order valence-corrected chi connectivity index (χ4v) is 2.27. The van der Waals surface area contributed by atoms with E-state index in [2.05, 4.69) is 17.0 Å². The van der Waals surface area contributed by atoms with Crippen LogP contribution in [0, 0.1) is 0 Å². The molecule has 84 valence electrons. The van der Waals surface area contributed by atoms with Crippen molar-refractivity contribution < 1.29 is 14.3 Å². The van der Waals surface area contributed by atoms with Crippen LogP contribution in [0.15, 0.2) is 11.6 Å².